The number of likely N-dealkylation sites (tertiary alicyclic amines) is 1. The number of carboxylic acids is 1. The van der Waals surface area contributed by atoms with E-state index in [1.807, 2.05) is 30.5 Å². The molecule has 1 saturated heterocycles. The Morgan fingerprint density at radius 3 is 2.59 bits per heavy atom. The van der Waals surface area contributed by atoms with Gasteiger partial charge in [0.2, 0.25) is 23.6 Å². The number of aromatic nitrogens is 3. The summed E-state index contributed by atoms with van der Waals surface area (Å²) in [6.07, 6.45) is 5.47. The number of hydrogen-bond donors (Lipinski definition) is 7. The van der Waals surface area contributed by atoms with E-state index >= 15 is 0 Å². The number of benzene rings is 1. The molecule has 3 aromatic rings. The predicted molar refractivity (Wildman–Crippen MR) is 147 cm³/mol. The smallest absolute Gasteiger partial charge is 0.326 e. The van der Waals surface area contributed by atoms with Gasteiger partial charge in [-0.15, -0.1) is 0 Å². The van der Waals surface area contributed by atoms with E-state index in [9.17, 15) is 29.1 Å². The van der Waals surface area contributed by atoms with E-state index in [2.05, 4.69) is 25.6 Å². The van der Waals surface area contributed by atoms with Crippen molar-refractivity contribution in [2.24, 2.45) is 11.5 Å². The second-order valence-electron chi connectivity index (χ2n) is 10.1. The maximum Gasteiger partial charge on any atom is 0.326 e. The van der Waals surface area contributed by atoms with Gasteiger partial charge in [0, 0.05) is 48.4 Å². The van der Waals surface area contributed by atoms with Gasteiger partial charge in [-0.3, -0.25) is 19.2 Å². The topological polar surface area (TPSA) is 229 Å². The van der Waals surface area contributed by atoms with Crippen LogP contribution < -0.4 is 22.1 Å². The minimum absolute atomic E-state index is 0.0134. The lowest BCUT2D eigenvalue weighted by Crippen LogP contribution is -2.57. The second kappa shape index (κ2) is 13.1. The summed E-state index contributed by atoms with van der Waals surface area (Å²) in [6, 6.07) is 3.38. The molecule has 9 N–H and O–H groups in total. The van der Waals surface area contributed by atoms with E-state index in [1.165, 1.54) is 17.4 Å². The Hall–Kier alpha value is -4.72. The van der Waals surface area contributed by atoms with Crippen molar-refractivity contribution < 1.29 is 29.1 Å². The Kier molecular flexibility index (Phi) is 9.34. The molecule has 1 aliphatic rings. The molecule has 14 nitrogen and oxygen atoms in total. The zero-order chi connectivity index (χ0) is 29.5. The number of carbonyl (C=O) groups excluding carboxylic acids is 4. The zero-order valence-corrected chi connectivity index (χ0v) is 22.3. The minimum Gasteiger partial charge on any atom is -0.480 e. The van der Waals surface area contributed by atoms with Crippen LogP contribution in [0.2, 0.25) is 0 Å². The average molecular weight is 567 g/mol. The molecule has 1 fully saturated rings. The molecule has 1 aromatic carbocycles. The van der Waals surface area contributed by atoms with Gasteiger partial charge in [-0.1, -0.05) is 18.2 Å². The summed E-state index contributed by atoms with van der Waals surface area (Å²) < 4.78 is 0. The van der Waals surface area contributed by atoms with E-state index in [0.717, 1.165) is 16.5 Å². The molecule has 2 aromatic heterocycles. The van der Waals surface area contributed by atoms with Gasteiger partial charge in [-0.25, -0.2) is 9.78 Å². The predicted octanol–water partition coefficient (Wildman–Crippen LogP) is -0.686. The van der Waals surface area contributed by atoms with Crippen LogP contribution in [-0.4, -0.2) is 85.3 Å². The van der Waals surface area contributed by atoms with Crippen molar-refractivity contribution in [2.75, 3.05) is 6.54 Å². The lowest BCUT2D eigenvalue weighted by atomic mass is 10.0. The Morgan fingerprint density at radius 1 is 1.10 bits per heavy atom. The molecule has 3 heterocycles. The van der Waals surface area contributed by atoms with Crippen LogP contribution in [0.1, 0.15) is 36.9 Å². The summed E-state index contributed by atoms with van der Waals surface area (Å²) >= 11 is 0. The summed E-state index contributed by atoms with van der Waals surface area (Å²) in [5, 5.41) is 15.5. The molecule has 4 unspecified atom stereocenters. The third-order valence-electron chi connectivity index (χ3n) is 7.18. The fourth-order valence-corrected chi connectivity index (χ4v) is 5.05. The summed E-state index contributed by atoms with van der Waals surface area (Å²) in [7, 11) is 0. The summed E-state index contributed by atoms with van der Waals surface area (Å²) in [6.45, 7) is 0.337. The lowest BCUT2D eigenvalue weighted by molar-refractivity contribution is -0.143. The van der Waals surface area contributed by atoms with Crippen molar-refractivity contribution in [2.45, 2.75) is 62.7 Å². The van der Waals surface area contributed by atoms with Crippen molar-refractivity contribution in [3.05, 3.63) is 54.2 Å². The number of aromatic amines is 2. The van der Waals surface area contributed by atoms with Gasteiger partial charge >= 0.3 is 5.97 Å². The van der Waals surface area contributed by atoms with Gasteiger partial charge < -0.3 is 42.1 Å². The van der Waals surface area contributed by atoms with E-state index in [1.54, 1.807) is 0 Å². The molecule has 4 amide bonds. The van der Waals surface area contributed by atoms with Crippen LogP contribution in [0, 0.1) is 0 Å². The zero-order valence-electron chi connectivity index (χ0n) is 22.3. The number of H-pyrrole nitrogens is 2. The first-order valence-electron chi connectivity index (χ1n) is 13.3. The summed E-state index contributed by atoms with van der Waals surface area (Å²) in [5.41, 5.74) is 13.8. The maximum absolute atomic E-state index is 13.4. The number of para-hydroxylation sites is 1. The van der Waals surface area contributed by atoms with Crippen LogP contribution in [0.3, 0.4) is 0 Å². The van der Waals surface area contributed by atoms with Crippen LogP contribution in [0.25, 0.3) is 10.9 Å². The highest BCUT2D eigenvalue weighted by atomic mass is 16.4. The quantitative estimate of drug-likeness (QED) is 0.140. The third kappa shape index (κ3) is 7.28. The molecule has 1 aliphatic heterocycles. The lowest BCUT2D eigenvalue weighted by Gasteiger charge is -2.28. The van der Waals surface area contributed by atoms with Crippen molar-refractivity contribution >= 4 is 40.5 Å². The standard InChI is InChI=1S/C27H34N8O6/c28-18(10-15-12-31-19-5-2-1-4-17(15)19)26(39)35-9-3-6-22(35)25(38)34-21(11-16-13-30-14-32-16)24(37)33-20(27(40)41)7-8-23(29)36/h1-2,4-5,12-14,18,20-22,31H,3,6-11,28H2,(H2,29,36)(H,30,32)(H,33,37)(H,34,38)(H,40,41). The highest BCUT2D eigenvalue weighted by Crippen LogP contribution is 2.22. The van der Waals surface area contributed by atoms with E-state index in [0.29, 0.717) is 25.1 Å². The number of fused-ring (bicyclic) bond motifs is 1. The number of primary amides is 1. The molecule has 0 spiro atoms. The first kappa shape index (κ1) is 29.3. The van der Waals surface area contributed by atoms with Gasteiger partial charge in [-0.2, -0.15) is 0 Å². The fourth-order valence-electron chi connectivity index (χ4n) is 5.05. The number of nitrogens with two attached hydrogens (primary N) is 2. The fraction of sp³-hybridized carbons (Fsp3) is 0.407. The molecule has 0 bridgehead atoms. The maximum atomic E-state index is 13.4. The summed E-state index contributed by atoms with van der Waals surface area (Å²) in [5.74, 6) is -3.75. The first-order valence-corrected chi connectivity index (χ1v) is 13.3. The number of nitrogens with zero attached hydrogens (tertiary/aromatic N) is 2. The van der Waals surface area contributed by atoms with Crippen LogP contribution in [0.15, 0.2) is 43.0 Å². The number of carbonyl (C=O) groups is 5. The Morgan fingerprint density at radius 2 is 1.88 bits per heavy atom. The molecular formula is C27H34N8O6. The Bertz CT molecular complexity index is 1400. The molecule has 0 radical (unpaired) electrons. The normalized spacial score (nSPS) is 17.1. The molecular weight excluding hydrogens is 532 g/mol. The molecule has 4 rings (SSSR count). The Labute approximate surface area is 235 Å². The number of imidazole rings is 1. The first-order chi connectivity index (χ1) is 19.6. The highest BCUT2D eigenvalue weighted by Gasteiger charge is 2.38. The number of carboxylic acid groups (broad SMARTS) is 1. The van der Waals surface area contributed by atoms with Gasteiger partial charge in [0.25, 0.3) is 0 Å². The summed E-state index contributed by atoms with van der Waals surface area (Å²) in [4.78, 5) is 74.1. The number of hydrogen-bond acceptors (Lipinski definition) is 7. The number of nitrogens with one attached hydrogen (secondary N) is 4. The minimum atomic E-state index is -1.39. The third-order valence-corrected chi connectivity index (χ3v) is 7.18. The van der Waals surface area contributed by atoms with E-state index in [-0.39, 0.29) is 31.6 Å². The van der Waals surface area contributed by atoms with Crippen LogP contribution in [-0.2, 0) is 36.8 Å². The monoisotopic (exact) mass is 566 g/mol. The number of rotatable bonds is 13. The number of aliphatic carboxylic acids is 1. The number of amides is 4. The van der Waals surface area contributed by atoms with Crippen molar-refractivity contribution in [1.29, 1.82) is 0 Å². The molecule has 0 aliphatic carbocycles. The Balaban J connectivity index is 1.44. The van der Waals surface area contributed by atoms with Gasteiger partial charge in [0.1, 0.15) is 18.1 Å². The van der Waals surface area contributed by atoms with Gasteiger partial charge in [-0.05, 0) is 37.3 Å². The second-order valence-corrected chi connectivity index (χ2v) is 10.1. The molecule has 41 heavy (non-hydrogen) atoms. The molecule has 14 heteroatoms. The molecule has 4 atom stereocenters. The molecule has 0 saturated carbocycles. The SMILES string of the molecule is NC(=O)CCC(NC(=O)C(Cc1cnc[nH]1)NC(=O)C1CCCN1C(=O)C(N)Cc1c[nH]c2ccccc12)C(=O)O. The largest absolute Gasteiger partial charge is 0.480 e. The van der Waals surface area contributed by atoms with Gasteiger partial charge in [0.05, 0.1) is 12.4 Å². The van der Waals surface area contributed by atoms with Crippen molar-refractivity contribution in [3.63, 3.8) is 0 Å². The van der Waals surface area contributed by atoms with Crippen molar-refractivity contribution in [1.82, 2.24) is 30.5 Å². The molecule has 218 valence electrons. The van der Waals surface area contributed by atoms with Crippen LogP contribution in [0.4, 0.5) is 0 Å². The van der Waals surface area contributed by atoms with Gasteiger partial charge in [0.15, 0.2) is 0 Å². The average Bonchev–Trinajstić information content (AvgIpc) is 3.71. The van der Waals surface area contributed by atoms with Crippen LogP contribution >= 0.6 is 0 Å². The van der Waals surface area contributed by atoms with Crippen molar-refractivity contribution in [3.8, 4) is 0 Å². The van der Waals surface area contributed by atoms with E-state index in [4.69, 9.17) is 11.5 Å². The van der Waals surface area contributed by atoms with E-state index < -0.39 is 47.9 Å². The highest BCUT2D eigenvalue weighted by molar-refractivity contribution is 5.95. The van der Waals surface area contributed by atoms with Crippen LogP contribution in [0.5, 0.6) is 0 Å².